The van der Waals surface area contributed by atoms with Crippen LogP contribution in [0.2, 0.25) is 10.0 Å². The van der Waals surface area contributed by atoms with Gasteiger partial charge in [-0.2, -0.15) is 0 Å². The number of hydrogen-bond acceptors (Lipinski definition) is 2. The van der Waals surface area contributed by atoms with Crippen molar-refractivity contribution in [3.63, 3.8) is 0 Å². The van der Waals surface area contributed by atoms with E-state index in [2.05, 4.69) is 10.6 Å². The number of urea groups is 1. The van der Waals surface area contributed by atoms with Crippen molar-refractivity contribution in [2.45, 2.75) is 37.6 Å². The largest absolute Gasteiger partial charge is 0.481 e. The fraction of sp³-hybridized carbons (Fsp3) is 0.429. The fourth-order valence-corrected chi connectivity index (χ4v) is 3.18. The zero-order chi connectivity index (χ0) is 15.5. The first-order valence-corrected chi connectivity index (χ1v) is 7.42. The summed E-state index contributed by atoms with van der Waals surface area (Å²) in [5.41, 5.74) is -0.370. The van der Waals surface area contributed by atoms with E-state index in [1.165, 1.54) is 0 Å². The summed E-state index contributed by atoms with van der Waals surface area (Å²) in [5.74, 6) is -0.923. The van der Waals surface area contributed by atoms with E-state index >= 15 is 0 Å². The Hall–Kier alpha value is -1.46. The number of carboxylic acid groups (broad SMARTS) is 1. The van der Waals surface area contributed by atoms with Gasteiger partial charge in [-0.15, -0.1) is 0 Å². The molecule has 1 fully saturated rings. The van der Waals surface area contributed by atoms with Crippen LogP contribution in [0.4, 0.5) is 10.5 Å². The number of rotatable bonds is 4. The molecule has 0 saturated heterocycles. The van der Waals surface area contributed by atoms with Gasteiger partial charge in [-0.05, 0) is 25.0 Å². The van der Waals surface area contributed by atoms with Crippen LogP contribution < -0.4 is 10.6 Å². The van der Waals surface area contributed by atoms with Crippen LogP contribution in [0.5, 0.6) is 0 Å². The van der Waals surface area contributed by atoms with Gasteiger partial charge < -0.3 is 15.7 Å². The monoisotopic (exact) mass is 330 g/mol. The van der Waals surface area contributed by atoms with E-state index in [1.807, 2.05) is 0 Å². The smallest absolute Gasteiger partial charge is 0.319 e. The third-order valence-corrected chi connectivity index (χ3v) is 4.26. The first-order valence-electron chi connectivity index (χ1n) is 6.67. The molecule has 1 aromatic carbocycles. The number of nitrogens with one attached hydrogen (secondary N) is 2. The van der Waals surface area contributed by atoms with Gasteiger partial charge in [0.2, 0.25) is 0 Å². The number of anilines is 1. The average Bonchev–Trinajstić information content (AvgIpc) is 2.81. The maximum atomic E-state index is 12.1. The molecule has 0 spiro atoms. The number of carbonyl (C=O) groups excluding carboxylic acids is 1. The van der Waals surface area contributed by atoms with Crippen molar-refractivity contribution in [2.24, 2.45) is 0 Å². The Morgan fingerprint density at radius 3 is 2.29 bits per heavy atom. The Morgan fingerprint density at radius 1 is 1.19 bits per heavy atom. The molecule has 114 valence electrons. The normalized spacial score (nSPS) is 16.5. The van der Waals surface area contributed by atoms with Gasteiger partial charge in [0, 0.05) is 0 Å². The highest BCUT2D eigenvalue weighted by molar-refractivity contribution is 6.39. The van der Waals surface area contributed by atoms with E-state index in [0.29, 0.717) is 28.6 Å². The van der Waals surface area contributed by atoms with E-state index in [0.717, 1.165) is 12.8 Å². The highest BCUT2D eigenvalue weighted by Gasteiger charge is 2.37. The molecule has 1 aromatic rings. The molecule has 1 aliphatic rings. The predicted octanol–water partition coefficient (Wildman–Crippen LogP) is 3.90. The second kappa shape index (κ2) is 6.54. The van der Waals surface area contributed by atoms with Crippen molar-refractivity contribution in [1.29, 1.82) is 0 Å². The number of amides is 2. The lowest BCUT2D eigenvalue weighted by Gasteiger charge is -2.28. The zero-order valence-corrected chi connectivity index (χ0v) is 12.8. The van der Waals surface area contributed by atoms with Gasteiger partial charge in [-0.1, -0.05) is 42.1 Å². The lowest BCUT2D eigenvalue weighted by molar-refractivity contribution is -0.138. The topological polar surface area (TPSA) is 78.4 Å². The Labute approximate surface area is 132 Å². The highest BCUT2D eigenvalue weighted by Crippen LogP contribution is 2.34. The summed E-state index contributed by atoms with van der Waals surface area (Å²) in [6, 6.07) is 4.42. The summed E-state index contributed by atoms with van der Waals surface area (Å²) >= 11 is 12.0. The first kappa shape index (κ1) is 15.9. The van der Waals surface area contributed by atoms with Gasteiger partial charge in [0.15, 0.2) is 0 Å². The minimum absolute atomic E-state index is 0.0866. The van der Waals surface area contributed by atoms with Crippen LogP contribution in [0.25, 0.3) is 0 Å². The van der Waals surface area contributed by atoms with Crippen LogP contribution in [0, 0.1) is 0 Å². The standard InChI is InChI=1S/C14H16Cl2N2O3/c15-9-4-3-5-10(16)12(9)17-13(21)18-14(8-11(19)20)6-1-2-7-14/h3-5H,1-2,6-8H2,(H,19,20)(H2,17,18,21). The Balaban J connectivity index is 2.08. The van der Waals surface area contributed by atoms with Crippen molar-refractivity contribution in [3.8, 4) is 0 Å². The van der Waals surface area contributed by atoms with E-state index in [1.54, 1.807) is 18.2 Å². The third kappa shape index (κ3) is 4.02. The third-order valence-electron chi connectivity index (χ3n) is 3.63. The van der Waals surface area contributed by atoms with Crippen LogP contribution in [-0.2, 0) is 4.79 Å². The molecule has 2 rings (SSSR count). The molecule has 1 saturated carbocycles. The maximum Gasteiger partial charge on any atom is 0.319 e. The molecule has 0 heterocycles. The predicted molar refractivity (Wildman–Crippen MR) is 82.1 cm³/mol. The van der Waals surface area contributed by atoms with Crippen LogP contribution in [0.3, 0.4) is 0 Å². The van der Waals surface area contributed by atoms with Crippen molar-refractivity contribution in [1.82, 2.24) is 5.32 Å². The van der Waals surface area contributed by atoms with Crippen LogP contribution in [0.1, 0.15) is 32.1 Å². The van der Waals surface area contributed by atoms with Gasteiger partial charge in [0.05, 0.1) is 27.7 Å². The summed E-state index contributed by atoms with van der Waals surface area (Å²) < 4.78 is 0. The molecule has 2 amide bonds. The highest BCUT2D eigenvalue weighted by atomic mass is 35.5. The number of carboxylic acids is 1. The van der Waals surface area contributed by atoms with E-state index in [-0.39, 0.29) is 6.42 Å². The van der Waals surface area contributed by atoms with Crippen molar-refractivity contribution in [3.05, 3.63) is 28.2 Å². The molecular weight excluding hydrogens is 315 g/mol. The fourth-order valence-electron chi connectivity index (χ4n) is 2.69. The summed E-state index contributed by atoms with van der Waals surface area (Å²) in [6.07, 6.45) is 3.03. The lowest BCUT2D eigenvalue weighted by atomic mass is 9.93. The molecule has 0 unspecified atom stereocenters. The quantitative estimate of drug-likeness (QED) is 0.783. The molecule has 0 radical (unpaired) electrons. The van der Waals surface area contributed by atoms with E-state index in [4.69, 9.17) is 28.3 Å². The minimum Gasteiger partial charge on any atom is -0.481 e. The Bertz CT molecular complexity index is 537. The molecular formula is C14H16Cl2N2O3. The number of halogens is 2. The second-order valence-corrected chi connectivity index (χ2v) is 6.05. The average molecular weight is 331 g/mol. The number of aliphatic carboxylic acids is 1. The van der Waals surface area contributed by atoms with Gasteiger partial charge >= 0.3 is 12.0 Å². The lowest BCUT2D eigenvalue weighted by Crippen LogP contribution is -2.49. The minimum atomic E-state index is -0.923. The first-order chi connectivity index (χ1) is 9.92. The van der Waals surface area contributed by atoms with Crippen LogP contribution in [0.15, 0.2) is 18.2 Å². The molecule has 3 N–H and O–H groups in total. The maximum absolute atomic E-state index is 12.1. The van der Waals surface area contributed by atoms with Crippen molar-refractivity contribution < 1.29 is 14.7 Å². The second-order valence-electron chi connectivity index (χ2n) is 5.23. The van der Waals surface area contributed by atoms with Crippen molar-refractivity contribution >= 4 is 40.9 Å². The van der Waals surface area contributed by atoms with Crippen LogP contribution in [-0.4, -0.2) is 22.6 Å². The number of hydrogen-bond donors (Lipinski definition) is 3. The van der Waals surface area contributed by atoms with Gasteiger partial charge in [-0.3, -0.25) is 4.79 Å². The van der Waals surface area contributed by atoms with Crippen molar-refractivity contribution in [2.75, 3.05) is 5.32 Å². The molecule has 5 nitrogen and oxygen atoms in total. The number of carbonyl (C=O) groups is 2. The molecule has 0 aromatic heterocycles. The van der Waals surface area contributed by atoms with Gasteiger partial charge in [0.25, 0.3) is 0 Å². The molecule has 21 heavy (non-hydrogen) atoms. The summed E-state index contributed by atoms with van der Waals surface area (Å²) in [6.45, 7) is 0. The molecule has 0 aliphatic heterocycles. The van der Waals surface area contributed by atoms with Gasteiger partial charge in [-0.25, -0.2) is 4.79 Å². The molecule has 0 atom stereocenters. The molecule has 0 bridgehead atoms. The summed E-state index contributed by atoms with van der Waals surface area (Å²) in [5, 5.41) is 15.1. The SMILES string of the molecule is O=C(O)CC1(NC(=O)Nc2c(Cl)cccc2Cl)CCCC1. The molecule has 7 heteroatoms. The summed E-state index contributed by atoms with van der Waals surface area (Å²) in [4.78, 5) is 23.1. The van der Waals surface area contributed by atoms with Gasteiger partial charge in [0.1, 0.15) is 0 Å². The summed E-state index contributed by atoms with van der Waals surface area (Å²) in [7, 11) is 0. The Morgan fingerprint density at radius 2 is 1.76 bits per heavy atom. The number of benzene rings is 1. The number of para-hydroxylation sites is 1. The Kier molecular flexibility index (Phi) is 4.96. The van der Waals surface area contributed by atoms with Crippen LogP contribution >= 0.6 is 23.2 Å². The van der Waals surface area contributed by atoms with E-state index < -0.39 is 17.5 Å². The molecule has 1 aliphatic carbocycles. The van der Waals surface area contributed by atoms with E-state index in [9.17, 15) is 9.59 Å². The zero-order valence-electron chi connectivity index (χ0n) is 11.3.